The van der Waals surface area contributed by atoms with E-state index in [1.54, 1.807) is 13.3 Å². The van der Waals surface area contributed by atoms with Crippen LogP contribution in [-0.4, -0.2) is 29.4 Å². The van der Waals surface area contributed by atoms with Crippen LogP contribution in [0, 0.1) is 5.92 Å². The highest BCUT2D eigenvalue weighted by Crippen LogP contribution is 2.31. The van der Waals surface area contributed by atoms with E-state index in [1.165, 1.54) is 0 Å². The van der Waals surface area contributed by atoms with Crippen molar-refractivity contribution in [2.75, 3.05) is 13.7 Å². The van der Waals surface area contributed by atoms with Crippen LogP contribution < -0.4 is 9.47 Å². The van der Waals surface area contributed by atoms with Gasteiger partial charge in [0.15, 0.2) is 11.5 Å². The lowest BCUT2D eigenvalue weighted by molar-refractivity contribution is -0.138. The van der Waals surface area contributed by atoms with Gasteiger partial charge >= 0.3 is 0 Å². The van der Waals surface area contributed by atoms with Gasteiger partial charge in [0.2, 0.25) is 5.91 Å². The van der Waals surface area contributed by atoms with E-state index in [0.29, 0.717) is 31.2 Å². The molecule has 32 heavy (non-hydrogen) atoms. The van der Waals surface area contributed by atoms with E-state index >= 15 is 0 Å². The molecule has 0 bridgehead atoms. The van der Waals surface area contributed by atoms with Gasteiger partial charge in [-0.05, 0) is 48.2 Å². The second kappa shape index (κ2) is 10.8. The summed E-state index contributed by atoms with van der Waals surface area (Å²) in [6.45, 7) is 1.69. The van der Waals surface area contributed by atoms with Crippen LogP contribution in [0.5, 0.6) is 11.5 Å². The van der Waals surface area contributed by atoms with Crippen LogP contribution >= 0.6 is 0 Å². The number of carbonyl (C=O) groups is 1. The molecule has 1 aromatic heterocycles. The molecule has 3 aromatic rings. The quantitative estimate of drug-likeness (QED) is 0.452. The number of hydrogen-bond acceptors (Lipinski definition) is 4. The summed E-state index contributed by atoms with van der Waals surface area (Å²) in [7, 11) is 1.65. The Bertz CT molecular complexity index is 1000. The standard InChI is InChI=1S/C27H30N2O3/c1-31-26-18-22(13-14-25(26)32-20-21-8-3-2-4-9-21)19-29(27(30)23-10-7-11-23)17-15-24-12-5-6-16-28-24/h2-6,8-9,12-14,16,18,23H,7,10-11,15,17,19-20H2,1H3. The van der Waals surface area contributed by atoms with Crippen LogP contribution in [0.25, 0.3) is 0 Å². The number of hydrogen-bond donors (Lipinski definition) is 0. The van der Waals surface area contributed by atoms with Gasteiger partial charge in [-0.3, -0.25) is 9.78 Å². The monoisotopic (exact) mass is 430 g/mol. The van der Waals surface area contributed by atoms with Gasteiger partial charge in [0, 0.05) is 37.3 Å². The molecule has 1 heterocycles. The molecule has 0 unspecified atom stereocenters. The Morgan fingerprint density at radius 2 is 1.81 bits per heavy atom. The predicted octanol–water partition coefficient (Wildman–Crippen LogP) is 5.04. The minimum absolute atomic E-state index is 0.161. The Hall–Kier alpha value is -3.34. The van der Waals surface area contributed by atoms with Crippen LogP contribution in [0.15, 0.2) is 72.9 Å². The number of methoxy groups -OCH3 is 1. The van der Waals surface area contributed by atoms with Crippen molar-refractivity contribution in [2.24, 2.45) is 5.92 Å². The minimum atomic E-state index is 0.161. The van der Waals surface area contributed by atoms with Crippen LogP contribution in [0.2, 0.25) is 0 Å². The highest BCUT2D eigenvalue weighted by atomic mass is 16.5. The molecule has 1 aliphatic rings. The van der Waals surface area contributed by atoms with E-state index < -0.39 is 0 Å². The highest BCUT2D eigenvalue weighted by Gasteiger charge is 2.29. The Kier molecular flexibility index (Phi) is 7.38. The molecule has 2 aromatic carbocycles. The van der Waals surface area contributed by atoms with E-state index in [4.69, 9.17) is 9.47 Å². The molecule has 5 heteroatoms. The lowest BCUT2D eigenvalue weighted by atomic mass is 9.84. The molecule has 0 atom stereocenters. The summed E-state index contributed by atoms with van der Waals surface area (Å²) in [4.78, 5) is 19.5. The van der Waals surface area contributed by atoms with Gasteiger partial charge in [-0.2, -0.15) is 0 Å². The molecule has 166 valence electrons. The molecule has 1 saturated carbocycles. The van der Waals surface area contributed by atoms with Crippen molar-refractivity contribution in [3.05, 3.63) is 89.7 Å². The summed E-state index contributed by atoms with van der Waals surface area (Å²) in [6.07, 6.45) is 5.68. The largest absolute Gasteiger partial charge is 0.493 e. The van der Waals surface area contributed by atoms with Crippen molar-refractivity contribution in [3.8, 4) is 11.5 Å². The minimum Gasteiger partial charge on any atom is -0.493 e. The fraction of sp³-hybridized carbons (Fsp3) is 0.333. The summed E-state index contributed by atoms with van der Waals surface area (Å²) in [6, 6.07) is 21.9. The zero-order chi connectivity index (χ0) is 22.2. The number of ether oxygens (including phenoxy) is 2. The maximum absolute atomic E-state index is 13.1. The summed E-state index contributed by atoms with van der Waals surface area (Å²) < 4.78 is 11.6. The lowest BCUT2D eigenvalue weighted by Gasteiger charge is -2.32. The summed E-state index contributed by atoms with van der Waals surface area (Å²) in [5.41, 5.74) is 3.13. The number of pyridine rings is 1. The van der Waals surface area contributed by atoms with Gasteiger partial charge in [-0.25, -0.2) is 0 Å². The van der Waals surface area contributed by atoms with Crippen molar-refractivity contribution in [2.45, 2.75) is 38.8 Å². The van der Waals surface area contributed by atoms with E-state index in [-0.39, 0.29) is 11.8 Å². The predicted molar refractivity (Wildman–Crippen MR) is 124 cm³/mol. The molecule has 0 saturated heterocycles. The first-order valence-electron chi connectivity index (χ1n) is 11.3. The third kappa shape index (κ3) is 5.67. The molecule has 4 rings (SSSR count). The van der Waals surface area contributed by atoms with E-state index in [9.17, 15) is 4.79 Å². The molecule has 0 aliphatic heterocycles. The smallest absolute Gasteiger partial charge is 0.225 e. The van der Waals surface area contributed by atoms with Crippen LogP contribution in [0.4, 0.5) is 0 Å². The molecule has 1 amide bonds. The zero-order valence-corrected chi connectivity index (χ0v) is 18.6. The average molecular weight is 431 g/mol. The Morgan fingerprint density at radius 3 is 2.50 bits per heavy atom. The van der Waals surface area contributed by atoms with Crippen LogP contribution in [0.3, 0.4) is 0 Å². The third-order valence-corrected chi connectivity index (χ3v) is 5.97. The molecule has 0 N–H and O–H groups in total. The second-order valence-corrected chi connectivity index (χ2v) is 8.22. The Morgan fingerprint density at radius 1 is 1.00 bits per heavy atom. The number of amides is 1. The SMILES string of the molecule is COc1cc(CN(CCc2ccccn2)C(=O)C2CCC2)ccc1OCc1ccccc1. The van der Waals surface area contributed by atoms with Crippen molar-refractivity contribution < 1.29 is 14.3 Å². The lowest BCUT2D eigenvalue weighted by Crippen LogP contribution is -2.39. The van der Waals surface area contributed by atoms with Crippen LogP contribution in [0.1, 0.15) is 36.1 Å². The molecular weight excluding hydrogens is 400 g/mol. The van der Waals surface area contributed by atoms with E-state index in [1.807, 2.05) is 71.6 Å². The number of rotatable bonds is 10. The fourth-order valence-electron chi connectivity index (χ4n) is 3.86. The van der Waals surface area contributed by atoms with Crippen LogP contribution in [-0.2, 0) is 24.4 Å². The van der Waals surface area contributed by atoms with Gasteiger partial charge < -0.3 is 14.4 Å². The van der Waals surface area contributed by atoms with Gasteiger partial charge in [-0.1, -0.05) is 48.9 Å². The van der Waals surface area contributed by atoms with Gasteiger partial charge in [0.1, 0.15) is 6.61 Å². The summed E-state index contributed by atoms with van der Waals surface area (Å²) in [5.74, 6) is 1.79. The molecule has 5 nitrogen and oxygen atoms in total. The van der Waals surface area contributed by atoms with Crippen molar-refractivity contribution in [3.63, 3.8) is 0 Å². The maximum Gasteiger partial charge on any atom is 0.225 e. The van der Waals surface area contributed by atoms with Gasteiger partial charge in [-0.15, -0.1) is 0 Å². The fourth-order valence-corrected chi connectivity index (χ4v) is 3.86. The first-order chi connectivity index (χ1) is 15.7. The zero-order valence-electron chi connectivity index (χ0n) is 18.6. The Labute approximate surface area is 190 Å². The number of aromatic nitrogens is 1. The molecule has 0 radical (unpaired) electrons. The van der Waals surface area contributed by atoms with E-state index in [0.717, 1.165) is 42.5 Å². The topological polar surface area (TPSA) is 51.7 Å². The molecule has 1 fully saturated rings. The van der Waals surface area contributed by atoms with Crippen molar-refractivity contribution >= 4 is 5.91 Å². The number of carbonyl (C=O) groups excluding carboxylic acids is 1. The highest BCUT2D eigenvalue weighted by molar-refractivity contribution is 5.79. The summed E-state index contributed by atoms with van der Waals surface area (Å²) >= 11 is 0. The number of nitrogens with zero attached hydrogens (tertiary/aromatic N) is 2. The average Bonchev–Trinajstić information content (AvgIpc) is 2.81. The van der Waals surface area contributed by atoms with E-state index in [2.05, 4.69) is 4.98 Å². The van der Waals surface area contributed by atoms with Gasteiger partial charge in [0.25, 0.3) is 0 Å². The first-order valence-corrected chi connectivity index (χ1v) is 11.3. The molecule has 0 spiro atoms. The third-order valence-electron chi connectivity index (χ3n) is 5.97. The maximum atomic E-state index is 13.1. The second-order valence-electron chi connectivity index (χ2n) is 8.22. The number of benzene rings is 2. The first kappa shape index (κ1) is 21.9. The Balaban J connectivity index is 1.44. The normalized spacial score (nSPS) is 13.3. The van der Waals surface area contributed by atoms with Crippen molar-refractivity contribution in [1.29, 1.82) is 0 Å². The molecular formula is C27H30N2O3. The summed E-state index contributed by atoms with van der Waals surface area (Å²) in [5, 5.41) is 0. The van der Waals surface area contributed by atoms with Gasteiger partial charge in [0.05, 0.1) is 7.11 Å². The molecule has 1 aliphatic carbocycles. The van der Waals surface area contributed by atoms with Crippen molar-refractivity contribution in [1.82, 2.24) is 9.88 Å².